The van der Waals surface area contributed by atoms with E-state index in [1.165, 1.54) is 7.11 Å². The Kier molecular flexibility index (Phi) is 7.91. The fraction of sp³-hybridized carbons (Fsp3) is 0.438. The van der Waals surface area contributed by atoms with Crippen LogP contribution >= 0.6 is 0 Å². The number of nitrogens with zero attached hydrogens (tertiary/aromatic N) is 2. The fourth-order valence-electron chi connectivity index (χ4n) is 6.62. The number of aromatic nitrogens is 2. The lowest BCUT2D eigenvalue weighted by molar-refractivity contribution is -0.141. The number of methoxy groups -OCH3 is 1. The van der Waals surface area contributed by atoms with E-state index in [1.807, 2.05) is 19.1 Å². The third-order valence-electron chi connectivity index (χ3n) is 8.80. The number of benzene rings is 2. The molecule has 1 aromatic heterocycles. The molecule has 3 amide bonds. The Bertz CT molecular complexity index is 1620. The molecule has 2 bridgehead atoms. The molecule has 1 fully saturated rings. The molecule has 12 heteroatoms. The number of hydrogen-bond donors (Lipinski definition) is 4. The summed E-state index contributed by atoms with van der Waals surface area (Å²) >= 11 is 0. The molecular weight excluding hydrogens is 567 g/mol. The van der Waals surface area contributed by atoms with Crippen LogP contribution in [0.25, 0.3) is 11.3 Å². The highest BCUT2D eigenvalue weighted by molar-refractivity contribution is 5.90. The van der Waals surface area contributed by atoms with Crippen LogP contribution in [0.1, 0.15) is 67.1 Å². The van der Waals surface area contributed by atoms with Crippen LogP contribution in [0, 0.1) is 19.7 Å². The number of amides is 3. The fourth-order valence-corrected chi connectivity index (χ4v) is 6.62. The van der Waals surface area contributed by atoms with Crippen molar-refractivity contribution in [1.29, 1.82) is 0 Å². The summed E-state index contributed by atoms with van der Waals surface area (Å²) in [4.78, 5) is 48.8. The third kappa shape index (κ3) is 5.44. The molecule has 1 saturated heterocycles. The second-order valence-electron chi connectivity index (χ2n) is 11.8. The predicted octanol–water partition coefficient (Wildman–Crippen LogP) is 6.16. The van der Waals surface area contributed by atoms with Crippen molar-refractivity contribution in [3.05, 3.63) is 58.8 Å². The number of aryl methyl sites for hydroxylation is 2. The molecule has 4 heterocycles. The maximum atomic E-state index is 15.6. The van der Waals surface area contributed by atoms with Crippen LogP contribution in [0.2, 0.25) is 0 Å². The van der Waals surface area contributed by atoms with Gasteiger partial charge in [-0.25, -0.2) is 19.0 Å². The summed E-state index contributed by atoms with van der Waals surface area (Å²) in [5, 5.41) is 8.81. The molecule has 2 atom stereocenters. The third-order valence-corrected chi connectivity index (χ3v) is 8.80. The summed E-state index contributed by atoms with van der Waals surface area (Å²) in [5.74, 6) is -0.531. The lowest BCUT2D eigenvalue weighted by atomic mass is 9.81. The van der Waals surface area contributed by atoms with Crippen LogP contribution < -0.4 is 16.0 Å². The van der Waals surface area contributed by atoms with Gasteiger partial charge in [-0.1, -0.05) is 18.9 Å². The first-order chi connectivity index (χ1) is 21.2. The number of ether oxygens (including phenoxy) is 2. The molecule has 6 rings (SSSR count). The van der Waals surface area contributed by atoms with E-state index in [9.17, 15) is 14.4 Å². The van der Waals surface area contributed by atoms with Gasteiger partial charge in [-0.2, -0.15) is 0 Å². The van der Waals surface area contributed by atoms with Crippen LogP contribution in [0.4, 0.5) is 31.0 Å². The van der Waals surface area contributed by atoms with E-state index < -0.39 is 29.5 Å². The summed E-state index contributed by atoms with van der Waals surface area (Å²) in [6.07, 6.45) is 2.95. The summed E-state index contributed by atoms with van der Waals surface area (Å²) < 4.78 is 26.1. The van der Waals surface area contributed by atoms with Crippen molar-refractivity contribution >= 4 is 35.2 Å². The minimum atomic E-state index is -1.27. The van der Waals surface area contributed by atoms with Gasteiger partial charge in [-0.05, 0) is 69.4 Å². The summed E-state index contributed by atoms with van der Waals surface area (Å²) in [6.45, 7) is 4.85. The second-order valence-corrected chi connectivity index (χ2v) is 11.8. The molecule has 3 aliphatic rings. The van der Waals surface area contributed by atoms with E-state index in [0.717, 1.165) is 36.2 Å². The van der Waals surface area contributed by atoms with E-state index >= 15 is 4.39 Å². The van der Waals surface area contributed by atoms with Crippen molar-refractivity contribution in [2.24, 2.45) is 0 Å². The van der Waals surface area contributed by atoms with Crippen LogP contribution in [-0.2, 0) is 19.9 Å². The summed E-state index contributed by atoms with van der Waals surface area (Å²) in [6, 6.07) is 8.84. The molecule has 0 unspecified atom stereocenters. The van der Waals surface area contributed by atoms with Crippen molar-refractivity contribution in [3.8, 4) is 11.3 Å². The van der Waals surface area contributed by atoms with Crippen LogP contribution in [-0.4, -0.2) is 59.7 Å². The Morgan fingerprint density at radius 3 is 2.80 bits per heavy atom. The summed E-state index contributed by atoms with van der Waals surface area (Å²) in [7, 11) is 1.31. The van der Waals surface area contributed by atoms with E-state index in [-0.39, 0.29) is 12.5 Å². The molecule has 0 saturated carbocycles. The minimum absolute atomic E-state index is 0.0679. The number of carbonyl (C=O) groups excluding carboxylic acids is 3. The van der Waals surface area contributed by atoms with E-state index in [0.29, 0.717) is 66.4 Å². The van der Waals surface area contributed by atoms with Crippen LogP contribution in [0.15, 0.2) is 30.3 Å². The molecule has 11 nitrogen and oxygen atoms in total. The molecule has 44 heavy (non-hydrogen) atoms. The Morgan fingerprint density at radius 1 is 1.14 bits per heavy atom. The highest BCUT2D eigenvalue weighted by atomic mass is 19.1. The van der Waals surface area contributed by atoms with Crippen molar-refractivity contribution in [2.45, 2.75) is 63.9 Å². The highest BCUT2D eigenvalue weighted by Crippen LogP contribution is 2.45. The number of nitrogens with one attached hydrogen (secondary N) is 4. The Balaban J connectivity index is 1.33. The van der Waals surface area contributed by atoms with Crippen molar-refractivity contribution in [3.63, 3.8) is 0 Å². The van der Waals surface area contributed by atoms with Gasteiger partial charge in [0.15, 0.2) is 5.60 Å². The number of aromatic amines is 1. The van der Waals surface area contributed by atoms with Crippen molar-refractivity contribution in [2.75, 3.05) is 42.7 Å². The smallest absolute Gasteiger partial charge is 0.412 e. The number of carbonyl (C=O) groups is 3. The Hall–Kier alpha value is -4.61. The molecule has 3 aliphatic heterocycles. The number of imidazole rings is 1. The number of fused-ring (bicyclic) bond motifs is 6. The van der Waals surface area contributed by atoms with E-state index in [1.54, 1.807) is 30.0 Å². The van der Waals surface area contributed by atoms with Gasteiger partial charge in [0.1, 0.15) is 11.6 Å². The molecule has 0 aliphatic carbocycles. The van der Waals surface area contributed by atoms with Gasteiger partial charge in [-0.15, -0.1) is 0 Å². The number of H-pyrrole nitrogens is 1. The summed E-state index contributed by atoms with van der Waals surface area (Å²) in [5.41, 5.74) is 3.62. The number of rotatable bonds is 2. The molecule has 2 aromatic carbocycles. The Labute approximate surface area is 254 Å². The van der Waals surface area contributed by atoms with Crippen LogP contribution in [0.5, 0.6) is 0 Å². The lowest BCUT2D eigenvalue weighted by Crippen LogP contribution is -2.54. The van der Waals surface area contributed by atoms with Gasteiger partial charge in [0.25, 0.3) is 0 Å². The zero-order valence-electron chi connectivity index (χ0n) is 25.1. The van der Waals surface area contributed by atoms with Crippen molar-refractivity contribution in [1.82, 2.24) is 14.9 Å². The number of halogens is 1. The average molecular weight is 605 g/mol. The average Bonchev–Trinajstić information content (AvgIpc) is 3.38. The number of hydrogen-bond acceptors (Lipinski definition) is 7. The lowest BCUT2D eigenvalue weighted by Gasteiger charge is -2.45. The first-order valence-electron chi connectivity index (χ1n) is 15.1. The molecule has 232 valence electrons. The molecule has 0 radical (unpaired) electrons. The quantitative estimate of drug-likeness (QED) is 0.275. The van der Waals surface area contributed by atoms with Gasteiger partial charge in [0.2, 0.25) is 5.91 Å². The van der Waals surface area contributed by atoms with Gasteiger partial charge < -0.3 is 24.7 Å². The molecule has 1 spiro atoms. The van der Waals surface area contributed by atoms with Crippen LogP contribution in [0.3, 0.4) is 0 Å². The largest absolute Gasteiger partial charge is 0.453 e. The second kappa shape index (κ2) is 11.8. The van der Waals surface area contributed by atoms with Gasteiger partial charge in [0, 0.05) is 35.7 Å². The zero-order valence-corrected chi connectivity index (χ0v) is 25.1. The number of anilines is 3. The standard InChI is InChI=1S/C32H37FN6O5/c1-18-9-12-23-25(26(18)33)32(44-31(42)37-23)13-7-15-39(17-32)29(40)22-8-5-4-6-14-34-24-16-20(36-30(41)43-3)10-11-21(24)27-19(2)35-28(22)38-27/h9-12,16,22,34H,4-8,13-15,17H2,1-3H3,(H,35,38)(H,36,41)(H,37,42)/t22-,32-/m0/s1. The molecular formula is C32H37FN6O5. The minimum Gasteiger partial charge on any atom is -0.453 e. The van der Waals surface area contributed by atoms with Gasteiger partial charge in [-0.3, -0.25) is 15.4 Å². The van der Waals surface area contributed by atoms with Gasteiger partial charge >= 0.3 is 12.2 Å². The first-order valence-corrected chi connectivity index (χ1v) is 15.1. The SMILES string of the molecule is COC(=O)Nc1ccc2c(c1)NCCCCC[C@H](C(=O)N1CCC[C@@]3(C1)OC(=O)Nc1ccc(C)c(F)c13)c1nc-2c(C)[nH]1. The molecule has 4 N–H and O–H groups in total. The zero-order chi connectivity index (χ0) is 31.0. The van der Waals surface area contributed by atoms with Gasteiger partial charge in [0.05, 0.1) is 36.5 Å². The van der Waals surface area contributed by atoms with E-state index in [4.69, 9.17) is 14.5 Å². The molecule has 3 aromatic rings. The van der Waals surface area contributed by atoms with E-state index in [2.05, 4.69) is 20.9 Å². The normalized spacial score (nSPS) is 21.4. The van der Waals surface area contributed by atoms with Crippen molar-refractivity contribution < 1.29 is 28.2 Å². The maximum absolute atomic E-state index is 15.6. The monoisotopic (exact) mass is 604 g/mol. The topological polar surface area (TPSA) is 138 Å². The number of likely N-dealkylation sites (tertiary alicyclic amines) is 1. The predicted molar refractivity (Wildman–Crippen MR) is 163 cm³/mol. The Morgan fingerprint density at radius 2 is 1.98 bits per heavy atom. The maximum Gasteiger partial charge on any atom is 0.412 e. The first kappa shape index (κ1) is 29.5. The highest BCUT2D eigenvalue weighted by Gasteiger charge is 2.49. The number of piperidine rings is 1.